The maximum absolute atomic E-state index is 11.6. The van der Waals surface area contributed by atoms with Crippen molar-refractivity contribution < 1.29 is 9.90 Å². The molecule has 1 aliphatic rings. The molecule has 1 saturated carbocycles. The van der Waals surface area contributed by atoms with Crippen LogP contribution in [0.25, 0.3) is 11.0 Å². The minimum Gasteiger partial charge on any atom is -0.478 e. The third-order valence-electron chi connectivity index (χ3n) is 4.25. The predicted molar refractivity (Wildman–Crippen MR) is 86.2 cm³/mol. The van der Waals surface area contributed by atoms with E-state index in [1.165, 1.54) is 12.8 Å². The number of hydrogen-bond acceptors (Lipinski definition) is 3. The molecule has 0 amide bonds. The molecule has 0 spiro atoms. The van der Waals surface area contributed by atoms with E-state index in [-0.39, 0.29) is 0 Å². The molecule has 1 aromatic carbocycles. The summed E-state index contributed by atoms with van der Waals surface area (Å²) in [7, 11) is 0. The van der Waals surface area contributed by atoms with Crippen LogP contribution < -0.4 is 0 Å². The van der Waals surface area contributed by atoms with Gasteiger partial charge in [-0.15, -0.1) is 0 Å². The SMILES string of the molecule is CCSC1CCCC1n1c(C)nc2cccc(C(=O)O)c21. The van der Waals surface area contributed by atoms with Gasteiger partial charge in [0.15, 0.2) is 0 Å². The van der Waals surface area contributed by atoms with E-state index in [9.17, 15) is 9.90 Å². The number of nitrogens with zero attached hydrogens (tertiary/aromatic N) is 2. The number of carboxylic acids is 1. The Hall–Kier alpha value is -1.49. The molecule has 0 radical (unpaired) electrons. The zero-order valence-corrected chi connectivity index (χ0v) is 13.2. The summed E-state index contributed by atoms with van der Waals surface area (Å²) < 4.78 is 2.18. The molecule has 1 aromatic heterocycles. The molecular weight excluding hydrogens is 284 g/mol. The van der Waals surface area contributed by atoms with Crippen molar-refractivity contribution in [3.05, 3.63) is 29.6 Å². The second-order valence-electron chi connectivity index (χ2n) is 5.50. The van der Waals surface area contributed by atoms with Crippen molar-refractivity contribution in [3.63, 3.8) is 0 Å². The standard InChI is InChI=1S/C16H20N2O2S/c1-3-21-14-9-5-8-13(14)18-10(2)17-12-7-4-6-11(15(12)18)16(19)20/h4,6-7,13-14H,3,5,8-9H2,1-2H3,(H,19,20). The normalized spacial score (nSPS) is 22.0. The zero-order chi connectivity index (χ0) is 15.0. The molecule has 0 saturated heterocycles. The van der Waals surface area contributed by atoms with Crippen LogP contribution in [-0.4, -0.2) is 31.6 Å². The van der Waals surface area contributed by atoms with Crippen molar-refractivity contribution in [3.8, 4) is 0 Å². The van der Waals surface area contributed by atoms with Crippen LogP contribution in [0.4, 0.5) is 0 Å². The third-order valence-corrected chi connectivity index (χ3v) is 5.56. The number of thioether (sulfide) groups is 1. The first kappa shape index (κ1) is 14.4. The van der Waals surface area contributed by atoms with Gasteiger partial charge < -0.3 is 9.67 Å². The van der Waals surface area contributed by atoms with Gasteiger partial charge in [0.2, 0.25) is 0 Å². The van der Waals surface area contributed by atoms with Crippen LogP contribution in [0.3, 0.4) is 0 Å². The van der Waals surface area contributed by atoms with Crippen molar-refractivity contribution in [2.45, 2.75) is 44.4 Å². The lowest BCUT2D eigenvalue weighted by atomic mass is 10.1. The molecule has 2 atom stereocenters. The minimum absolute atomic E-state index is 0.361. The second-order valence-corrected chi connectivity index (χ2v) is 7.02. The largest absolute Gasteiger partial charge is 0.478 e. The first-order chi connectivity index (χ1) is 10.1. The van der Waals surface area contributed by atoms with Crippen LogP contribution in [0.2, 0.25) is 0 Å². The number of carboxylic acid groups (broad SMARTS) is 1. The number of rotatable bonds is 4. The summed E-state index contributed by atoms with van der Waals surface area (Å²) >= 11 is 1.98. The quantitative estimate of drug-likeness (QED) is 0.931. The Labute approximate surface area is 128 Å². The van der Waals surface area contributed by atoms with Gasteiger partial charge in [0, 0.05) is 11.3 Å². The van der Waals surface area contributed by atoms with Crippen LogP contribution in [0.1, 0.15) is 48.4 Å². The summed E-state index contributed by atoms with van der Waals surface area (Å²) in [4.78, 5) is 16.1. The Balaban J connectivity index is 2.17. The lowest BCUT2D eigenvalue weighted by Gasteiger charge is -2.23. The number of aryl methyl sites for hydroxylation is 1. The van der Waals surface area contributed by atoms with Crippen molar-refractivity contribution in [1.82, 2.24) is 9.55 Å². The minimum atomic E-state index is -0.876. The number of benzene rings is 1. The number of carbonyl (C=O) groups is 1. The number of hydrogen-bond donors (Lipinski definition) is 1. The molecule has 112 valence electrons. The average molecular weight is 304 g/mol. The van der Waals surface area contributed by atoms with Gasteiger partial charge >= 0.3 is 5.97 Å². The fourth-order valence-corrected chi connectivity index (χ4v) is 4.69. The Bertz CT molecular complexity index is 680. The summed E-state index contributed by atoms with van der Waals surface area (Å²) in [6.45, 7) is 4.17. The van der Waals surface area contributed by atoms with Crippen molar-refractivity contribution in [2.75, 3.05) is 5.75 Å². The number of para-hydroxylation sites is 1. The number of fused-ring (bicyclic) bond motifs is 1. The van der Waals surface area contributed by atoms with E-state index in [4.69, 9.17) is 0 Å². The first-order valence-electron chi connectivity index (χ1n) is 7.46. The van der Waals surface area contributed by atoms with E-state index in [1.807, 2.05) is 24.8 Å². The monoisotopic (exact) mass is 304 g/mol. The maximum atomic E-state index is 11.6. The Morgan fingerprint density at radius 1 is 1.48 bits per heavy atom. The van der Waals surface area contributed by atoms with Gasteiger partial charge in [-0.1, -0.05) is 19.4 Å². The molecule has 2 aromatic rings. The highest BCUT2D eigenvalue weighted by Gasteiger charge is 2.31. The van der Waals surface area contributed by atoms with Gasteiger partial charge in [0.05, 0.1) is 16.6 Å². The van der Waals surface area contributed by atoms with E-state index in [0.717, 1.165) is 29.0 Å². The summed E-state index contributed by atoms with van der Waals surface area (Å²) in [5.74, 6) is 1.14. The zero-order valence-electron chi connectivity index (χ0n) is 12.4. The third kappa shape index (κ3) is 2.44. The van der Waals surface area contributed by atoms with E-state index in [0.29, 0.717) is 16.9 Å². The molecule has 0 bridgehead atoms. The summed E-state index contributed by atoms with van der Waals surface area (Å²) in [5.41, 5.74) is 1.94. The second kappa shape index (κ2) is 5.72. The van der Waals surface area contributed by atoms with E-state index in [2.05, 4.69) is 16.5 Å². The smallest absolute Gasteiger partial charge is 0.337 e. The highest BCUT2D eigenvalue weighted by molar-refractivity contribution is 7.99. The number of aromatic carboxylic acids is 1. The Morgan fingerprint density at radius 3 is 3.00 bits per heavy atom. The van der Waals surface area contributed by atoms with Gasteiger partial charge in [-0.3, -0.25) is 0 Å². The van der Waals surface area contributed by atoms with Gasteiger partial charge in [0.1, 0.15) is 5.82 Å². The van der Waals surface area contributed by atoms with Gasteiger partial charge in [0.25, 0.3) is 0 Å². The first-order valence-corrected chi connectivity index (χ1v) is 8.50. The molecule has 1 N–H and O–H groups in total. The molecular formula is C16H20N2O2S. The highest BCUT2D eigenvalue weighted by atomic mass is 32.2. The molecule has 21 heavy (non-hydrogen) atoms. The van der Waals surface area contributed by atoms with Gasteiger partial charge in [-0.25, -0.2) is 9.78 Å². The molecule has 2 unspecified atom stereocenters. The van der Waals surface area contributed by atoms with Crippen molar-refractivity contribution >= 4 is 28.8 Å². The molecule has 1 heterocycles. The highest BCUT2D eigenvalue weighted by Crippen LogP contribution is 2.41. The number of imidazole rings is 1. The van der Waals surface area contributed by atoms with Crippen molar-refractivity contribution in [2.24, 2.45) is 0 Å². The number of aromatic nitrogens is 2. The Morgan fingerprint density at radius 2 is 2.29 bits per heavy atom. The van der Waals surface area contributed by atoms with E-state index < -0.39 is 5.97 Å². The molecule has 4 nitrogen and oxygen atoms in total. The van der Waals surface area contributed by atoms with E-state index in [1.54, 1.807) is 12.1 Å². The lowest BCUT2D eigenvalue weighted by molar-refractivity contribution is 0.0698. The van der Waals surface area contributed by atoms with Crippen molar-refractivity contribution in [1.29, 1.82) is 0 Å². The fraction of sp³-hybridized carbons (Fsp3) is 0.500. The van der Waals surface area contributed by atoms with Crippen LogP contribution in [0.15, 0.2) is 18.2 Å². The summed E-state index contributed by atoms with van der Waals surface area (Å²) in [5, 5.41) is 10.0. The van der Waals surface area contributed by atoms with E-state index >= 15 is 0 Å². The van der Waals surface area contributed by atoms with Crippen LogP contribution in [0, 0.1) is 6.92 Å². The predicted octanol–water partition coefficient (Wildman–Crippen LogP) is 3.89. The fourth-order valence-electron chi connectivity index (χ4n) is 3.45. The Kier molecular flexibility index (Phi) is 3.93. The maximum Gasteiger partial charge on any atom is 0.337 e. The topological polar surface area (TPSA) is 55.1 Å². The van der Waals surface area contributed by atoms with Gasteiger partial charge in [-0.05, 0) is 37.7 Å². The summed E-state index contributed by atoms with van der Waals surface area (Å²) in [6, 6.07) is 5.72. The van der Waals surface area contributed by atoms with Crippen LogP contribution in [-0.2, 0) is 0 Å². The molecule has 0 aliphatic heterocycles. The molecule has 3 rings (SSSR count). The van der Waals surface area contributed by atoms with Crippen LogP contribution in [0.5, 0.6) is 0 Å². The molecule has 5 heteroatoms. The lowest BCUT2D eigenvalue weighted by Crippen LogP contribution is -2.18. The summed E-state index contributed by atoms with van der Waals surface area (Å²) in [6.07, 6.45) is 3.52. The molecule has 1 fully saturated rings. The van der Waals surface area contributed by atoms with Crippen LogP contribution >= 0.6 is 11.8 Å². The molecule has 1 aliphatic carbocycles. The average Bonchev–Trinajstić information content (AvgIpc) is 3.01. The van der Waals surface area contributed by atoms with Gasteiger partial charge in [-0.2, -0.15) is 11.8 Å².